The van der Waals surface area contributed by atoms with Crippen molar-refractivity contribution in [2.45, 2.75) is 0 Å². The summed E-state index contributed by atoms with van der Waals surface area (Å²) in [6.45, 7) is 0. The van der Waals surface area contributed by atoms with Gasteiger partial charge in [-0.25, -0.2) is 9.50 Å². The van der Waals surface area contributed by atoms with Crippen LogP contribution in [0, 0.1) is 0 Å². The van der Waals surface area contributed by atoms with Crippen LogP contribution in [0.1, 0.15) is 0 Å². The van der Waals surface area contributed by atoms with E-state index < -0.39 is 0 Å². The molecule has 2 heterocycles. The molecule has 28 heavy (non-hydrogen) atoms. The van der Waals surface area contributed by atoms with Crippen molar-refractivity contribution in [2.24, 2.45) is 0 Å². The van der Waals surface area contributed by atoms with Crippen LogP contribution in [0.5, 0.6) is 0 Å². The Morgan fingerprint density at radius 1 is 0.643 bits per heavy atom. The first-order chi connectivity index (χ1) is 13.8. The molecular weight excluding hydrogens is 410 g/mol. The fourth-order valence-corrected chi connectivity index (χ4v) is 3.59. The molecule has 3 aromatic carbocycles. The summed E-state index contributed by atoms with van der Waals surface area (Å²) in [6.07, 6.45) is 2.05. The van der Waals surface area contributed by atoms with Crippen LogP contribution in [-0.4, -0.2) is 14.6 Å². The third kappa shape index (κ3) is 3.12. The van der Waals surface area contributed by atoms with Crippen LogP contribution < -0.4 is 0 Å². The Hall–Kier alpha value is -3.24. The van der Waals surface area contributed by atoms with Crippen LogP contribution in [0.25, 0.3) is 39.3 Å². The second kappa shape index (κ2) is 7.06. The highest BCUT2D eigenvalue weighted by atomic mass is 79.9. The van der Waals surface area contributed by atoms with Crippen molar-refractivity contribution in [3.63, 3.8) is 0 Å². The number of hydrogen-bond donors (Lipinski definition) is 0. The third-order valence-electron chi connectivity index (χ3n) is 4.73. The zero-order chi connectivity index (χ0) is 18.9. The van der Waals surface area contributed by atoms with E-state index in [4.69, 9.17) is 10.1 Å². The minimum absolute atomic E-state index is 0.717. The van der Waals surface area contributed by atoms with E-state index in [1.807, 2.05) is 59.2 Å². The predicted octanol–water partition coefficient (Wildman–Crippen LogP) is 6.49. The molecule has 134 valence electrons. The number of pyridine rings is 1. The van der Waals surface area contributed by atoms with Gasteiger partial charge < -0.3 is 0 Å². The van der Waals surface area contributed by atoms with Crippen LogP contribution in [0.4, 0.5) is 0 Å². The topological polar surface area (TPSA) is 30.2 Å². The van der Waals surface area contributed by atoms with Crippen molar-refractivity contribution in [1.82, 2.24) is 14.6 Å². The summed E-state index contributed by atoms with van der Waals surface area (Å²) in [4.78, 5) is 4.86. The smallest absolute Gasteiger partial charge is 0.182 e. The lowest BCUT2D eigenvalue weighted by atomic mass is 10.0. The summed E-state index contributed by atoms with van der Waals surface area (Å²) in [5, 5.41) is 4.78. The second-order valence-corrected chi connectivity index (χ2v) is 7.50. The van der Waals surface area contributed by atoms with Gasteiger partial charge in [0.25, 0.3) is 0 Å². The predicted molar refractivity (Wildman–Crippen MR) is 117 cm³/mol. The highest BCUT2D eigenvalue weighted by molar-refractivity contribution is 9.10. The fraction of sp³-hybridized carbons (Fsp3) is 0. The standard InChI is InChI=1S/C24H16BrN3/c25-21-13-11-19(12-14-21)23-26-24-22(18-9-5-2-6-10-18)15-20(16-28(24)27-23)17-7-3-1-4-8-17/h1-16H. The average molecular weight is 426 g/mol. The lowest BCUT2D eigenvalue weighted by Gasteiger charge is -2.08. The molecule has 0 saturated carbocycles. The first kappa shape index (κ1) is 16.9. The number of aromatic nitrogens is 3. The first-order valence-corrected chi connectivity index (χ1v) is 9.84. The number of fused-ring (bicyclic) bond motifs is 1. The Morgan fingerprint density at radius 3 is 1.96 bits per heavy atom. The SMILES string of the molecule is Brc1ccc(-c2nc3c(-c4ccccc4)cc(-c4ccccc4)cn3n2)cc1. The molecule has 0 unspecified atom stereocenters. The molecular formula is C24H16BrN3. The maximum absolute atomic E-state index is 4.86. The monoisotopic (exact) mass is 425 g/mol. The fourth-order valence-electron chi connectivity index (χ4n) is 3.33. The molecule has 0 N–H and O–H groups in total. The summed E-state index contributed by atoms with van der Waals surface area (Å²) in [5.74, 6) is 0.717. The number of nitrogens with zero attached hydrogens (tertiary/aromatic N) is 3. The van der Waals surface area contributed by atoms with Gasteiger partial charge in [-0.05, 0) is 29.3 Å². The number of halogens is 1. The van der Waals surface area contributed by atoms with Crippen molar-refractivity contribution in [3.05, 3.63) is 102 Å². The van der Waals surface area contributed by atoms with Gasteiger partial charge >= 0.3 is 0 Å². The van der Waals surface area contributed by atoms with Gasteiger partial charge in [-0.15, -0.1) is 5.10 Å². The molecule has 0 aliphatic carbocycles. The van der Waals surface area contributed by atoms with Gasteiger partial charge in [-0.3, -0.25) is 0 Å². The quantitative estimate of drug-likeness (QED) is 0.330. The molecule has 4 heteroatoms. The van der Waals surface area contributed by atoms with Gasteiger partial charge in [-0.2, -0.15) is 0 Å². The summed E-state index contributed by atoms with van der Waals surface area (Å²) < 4.78 is 2.93. The first-order valence-electron chi connectivity index (χ1n) is 9.05. The van der Waals surface area contributed by atoms with E-state index >= 15 is 0 Å². The van der Waals surface area contributed by atoms with Crippen molar-refractivity contribution >= 4 is 21.6 Å². The number of benzene rings is 3. The molecule has 2 aromatic heterocycles. The molecule has 0 fully saturated rings. The molecule has 0 aliphatic heterocycles. The Balaban J connectivity index is 1.75. The maximum atomic E-state index is 4.86. The van der Waals surface area contributed by atoms with Crippen molar-refractivity contribution < 1.29 is 0 Å². The Morgan fingerprint density at radius 2 is 1.29 bits per heavy atom. The van der Waals surface area contributed by atoms with Gasteiger partial charge in [0.1, 0.15) is 0 Å². The molecule has 0 radical (unpaired) electrons. The van der Waals surface area contributed by atoms with Crippen molar-refractivity contribution in [3.8, 4) is 33.6 Å². The van der Waals surface area contributed by atoms with Gasteiger partial charge in [-0.1, -0.05) is 88.7 Å². The molecule has 5 aromatic rings. The lowest BCUT2D eigenvalue weighted by Crippen LogP contribution is -1.93. The number of hydrogen-bond acceptors (Lipinski definition) is 2. The highest BCUT2D eigenvalue weighted by Crippen LogP contribution is 2.31. The third-order valence-corrected chi connectivity index (χ3v) is 5.26. The van der Waals surface area contributed by atoms with E-state index in [0.29, 0.717) is 0 Å². The average Bonchev–Trinajstić information content (AvgIpc) is 3.19. The van der Waals surface area contributed by atoms with Crippen LogP contribution in [0.2, 0.25) is 0 Å². The Bertz CT molecular complexity index is 1240. The second-order valence-electron chi connectivity index (χ2n) is 6.58. The molecule has 0 atom stereocenters. The normalized spacial score (nSPS) is 11.0. The largest absolute Gasteiger partial charge is 0.219 e. The minimum atomic E-state index is 0.717. The molecule has 0 saturated heterocycles. The van der Waals surface area contributed by atoms with Gasteiger partial charge in [0.2, 0.25) is 0 Å². The van der Waals surface area contributed by atoms with E-state index in [-0.39, 0.29) is 0 Å². The van der Waals surface area contributed by atoms with Crippen molar-refractivity contribution in [1.29, 1.82) is 0 Å². The van der Waals surface area contributed by atoms with Crippen molar-refractivity contribution in [2.75, 3.05) is 0 Å². The molecule has 5 rings (SSSR count). The van der Waals surface area contributed by atoms with Gasteiger partial charge in [0.15, 0.2) is 11.5 Å². The van der Waals surface area contributed by atoms with E-state index in [1.54, 1.807) is 0 Å². The summed E-state index contributed by atoms with van der Waals surface area (Å²) >= 11 is 3.48. The zero-order valence-electron chi connectivity index (χ0n) is 15.0. The van der Waals surface area contributed by atoms with E-state index in [0.717, 1.165) is 43.8 Å². The molecule has 3 nitrogen and oxygen atoms in total. The molecule has 0 spiro atoms. The summed E-state index contributed by atoms with van der Waals surface area (Å²) in [5.41, 5.74) is 6.30. The molecule has 0 amide bonds. The zero-order valence-corrected chi connectivity index (χ0v) is 16.5. The maximum Gasteiger partial charge on any atom is 0.182 e. The Labute approximate surface area is 171 Å². The van der Waals surface area contributed by atoms with Gasteiger partial charge in [0, 0.05) is 27.4 Å². The van der Waals surface area contributed by atoms with E-state index in [9.17, 15) is 0 Å². The summed E-state index contributed by atoms with van der Waals surface area (Å²) in [6, 6.07) is 31.0. The van der Waals surface area contributed by atoms with Gasteiger partial charge in [0.05, 0.1) is 0 Å². The highest BCUT2D eigenvalue weighted by Gasteiger charge is 2.14. The lowest BCUT2D eigenvalue weighted by molar-refractivity contribution is 0.968. The van der Waals surface area contributed by atoms with Crippen LogP contribution in [0.3, 0.4) is 0 Å². The molecule has 0 aliphatic rings. The summed E-state index contributed by atoms with van der Waals surface area (Å²) in [7, 11) is 0. The van der Waals surface area contributed by atoms with E-state index in [2.05, 4.69) is 58.4 Å². The van der Waals surface area contributed by atoms with Crippen LogP contribution in [-0.2, 0) is 0 Å². The van der Waals surface area contributed by atoms with Crippen LogP contribution in [0.15, 0.2) is 102 Å². The Kier molecular flexibility index (Phi) is 4.26. The minimum Gasteiger partial charge on any atom is -0.219 e. The molecule has 0 bridgehead atoms. The van der Waals surface area contributed by atoms with E-state index in [1.165, 1.54) is 0 Å². The van der Waals surface area contributed by atoms with Crippen LogP contribution >= 0.6 is 15.9 Å². The number of rotatable bonds is 3.